The second-order valence-corrected chi connectivity index (χ2v) is 10.1. The zero-order chi connectivity index (χ0) is 25.5. The Morgan fingerprint density at radius 1 is 1.28 bits per heavy atom. The van der Waals surface area contributed by atoms with Crippen LogP contribution in [0.15, 0.2) is 36.5 Å². The van der Waals surface area contributed by atoms with Gasteiger partial charge in [-0.1, -0.05) is 13.0 Å². The number of carbonyl (C=O) groups is 1. The molecule has 0 spiro atoms. The number of aromatic nitrogens is 5. The second-order valence-electron chi connectivity index (χ2n) is 8.89. The summed E-state index contributed by atoms with van der Waals surface area (Å²) in [7, 11) is -4.65. The zero-order valence-corrected chi connectivity index (χ0v) is 20.2. The van der Waals surface area contributed by atoms with E-state index in [0.29, 0.717) is 47.7 Å². The monoisotopic (exact) mass is 518 g/mol. The van der Waals surface area contributed by atoms with Crippen LogP contribution in [0.5, 0.6) is 0 Å². The first kappa shape index (κ1) is 24.4. The van der Waals surface area contributed by atoms with Gasteiger partial charge in [-0.25, -0.2) is 13.8 Å². The fraction of sp³-hybridized carbons (Fsp3) is 0.409. The van der Waals surface area contributed by atoms with Crippen molar-refractivity contribution in [3.05, 3.63) is 42.3 Å². The van der Waals surface area contributed by atoms with Gasteiger partial charge >= 0.3 is 13.9 Å². The summed E-state index contributed by atoms with van der Waals surface area (Å²) in [6, 6.07) is 7.79. The molecular weight excluding hydrogens is 494 g/mol. The van der Waals surface area contributed by atoms with Gasteiger partial charge in [0.05, 0.1) is 24.4 Å². The third kappa shape index (κ3) is 5.29. The maximum absolute atomic E-state index is 15.0. The molecular formula is C22H24FN6O6P. The molecule has 1 saturated heterocycles. The molecule has 0 unspecified atom stereocenters. The van der Waals surface area contributed by atoms with Crippen LogP contribution in [0.2, 0.25) is 0 Å². The minimum absolute atomic E-state index is 0.117. The van der Waals surface area contributed by atoms with Crippen molar-refractivity contribution in [1.29, 1.82) is 0 Å². The van der Waals surface area contributed by atoms with E-state index in [1.54, 1.807) is 24.3 Å². The van der Waals surface area contributed by atoms with Gasteiger partial charge in [-0.15, -0.1) is 10.2 Å². The van der Waals surface area contributed by atoms with Gasteiger partial charge in [0.15, 0.2) is 0 Å². The van der Waals surface area contributed by atoms with E-state index in [2.05, 4.69) is 20.4 Å². The normalized spacial score (nSPS) is 18.9. The summed E-state index contributed by atoms with van der Waals surface area (Å²) in [4.78, 5) is 37.7. The summed E-state index contributed by atoms with van der Waals surface area (Å²) >= 11 is 0. The fourth-order valence-corrected chi connectivity index (χ4v) is 4.97. The van der Waals surface area contributed by atoms with Gasteiger partial charge in [0.25, 0.3) is 0 Å². The quantitative estimate of drug-likeness (QED) is 0.404. The number of ether oxygens (including phenoxy) is 1. The number of amides is 1. The molecule has 1 amide bonds. The lowest BCUT2D eigenvalue weighted by Gasteiger charge is -2.19. The molecule has 3 heterocycles. The molecule has 1 aromatic carbocycles. The Kier molecular flexibility index (Phi) is 6.33. The number of nitrogens with zero attached hydrogens (tertiary/aromatic N) is 6. The predicted octanol–water partition coefficient (Wildman–Crippen LogP) is 3.31. The number of benzene rings is 1. The molecule has 2 fully saturated rings. The fourth-order valence-electron chi connectivity index (χ4n) is 4.21. The van der Waals surface area contributed by atoms with Crippen LogP contribution < -0.4 is 4.90 Å². The number of hydrogen-bond acceptors (Lipinski definition) is 8. The predicted molar refractivity (Wildman–Crippen MR) is 124 cm³/mol. The number of cyclic esters (lactones) is 1. The van der Waals surface area contributed by atoms with E-state index >= 15 is 4.39 Å². The van der Waals surface area contributed by atoms with Crippen molar-refractivity contribution in [1.82, 2.24) is 25.2 Å². The van der Waals surface area contributed by atoms with Crippen molar-refractivity contribution in [2.24, 2.45) is 0 Å². The highest BCUT2D eigenvalue weighted by atomic mass is 31.2. The number of tetrazole rings is 1. The van der Waals surface area contributed by atoms with Crippen LogP contribution >= 0.6 is 7.82 Å². The van der Waals surface area contributed by atoms with E-state index in [1.165, 1.54) is 22.0 Å². The lowest BCUT2D eigenvalue weighted by molar-refractivity contribution is 0.0629. The zero-order valence-electron chi connectivity index (χ0n) is 19.3. The van der Waals surface area contributed by atoms with Crippen LogP contribution in [0.25, 0.3) is 22.6 Å². The van der Waals surface area contributed by atoms with Crippen molar-refractivity contribution in [3.8, 4) is 22.6 Å². The number of hydrogen-bond donors (Lipinski definition) is 2. The summed E-state index contributed by atoms with van der Waals surface area (Å²) in [6.45, 7) is 2.77. The number of phosphoric acid groups is 1. The van der Waals surface area contributed by atoms with Gasteiger partial charge in [0.1, 0.15) is 17.6 Å². The first-order valence-electron chi connectivity index (χ1n) is 11.4. The van der Waals surface area contributed by atoms with E-state index in [4.69, 9.17) is 19.0 Å². The van der Waals surface area contributed by atoms with Crippen molar-refractivity contribution < 1.29 is 32.8 Å². The van der Waals surface area contributed by atoms with Crippen LogP contribution in [0.3, 0.4) is 0 Å². The van der Waals surface area contributed by atoms with E-state index in [-0.39, 0.29) is 13.0 Å². The maximum Gasteiger partial charge on any atom is 0.470 e. The molecule has 1 atom stereocenters. The summed E-state index contributed by atoms with van der Waals surface area (Å²) in [5.41, 5.74) is 0.673. The lowest BCUT2D eigenvalue weighted by atomic mass is 10.1. The van der Waals surface area contributed by atoms with Gasteiger partial charge < -0.3 is 14.5 Å². The van der Waals surface area contributed by atoms with Crippen molar-refractivity contribution >= 4 is 19.6 Å². The van der Waals surface area contributed by atoms with Crippen LogP contribution in [0, 0.1) is 5.82 Å². The second kappa shape index (κ2) is 9.32. The lowest BCUT2D eigenvalue weighted by Crippen LogP contribution is -2.27. The number of halogens is 1. The summed E-state index contributed by atoms with van der Waals surface area (Å²) in [6.07, 6.45) is 2.19. The molecule has 0 radical (unpaired) electrons. The number of pyridine rings is 1. The largest absolute Gasteiger partial charge is 0.470 e. The molecule has 1 aliphatic carbocycles. The Labute approximate surface area is 205 Å². The molecule has 12 nitrogen and oxygen atoms in total. The molecule has 1 aliphatic heterocycles. The van der Waals surface area contributed by atoms with Crippen molar-refractivity contribution in [2.75, 3.05) is 11.4 Å². The number of carbonyl (C=O) groups excluding carboxylic acids is 1. The first-order valence-corrected chi connectivity index (χ1v) is 13.0. The standard InChI is InChI=1S/C22H24FN6O6P/c1-2-9-29-26-20(25-27-29)19-6-3-14(12-24-19)17-5-4-15(10-18(17)23)28-13-16(34-21(28)30)11-22(7-8-22)35-36(31,32)33/h3-6,10,12,16H,2,7-9,11,13H2,1H3,(H2,31,32,33)/t16-/m1/s1. The van der Waals surface area contributed by atoms with Gasteiger partial charge in [-0.3, -0.25) is 14.4 Å². The molecule has 36 heavy (non-hydrogen) atoms. The van der Waals surface area contributed by atoms with E-state index in [1.807, 2.05) is 6.92 Å². The third-order valence-corrected chi connectivity index (χ3v) is 6.66. The summed E-state index contributed by atoms with van der Waals surface area (Å²) in [5.74, 6) is -0.166. The topological polar surface area (TPSA) is 153 Å². The Balaban J connectivity index is 1.27. The van der Waals surface area contributed by atoms with Crippen molar-refractivity contribution in [2.45, 2.75) is 50.9 Å². The van der Waals surface area contributed by atoms with Crippen molar-refractivity contribution in [3.63, 3.8) is 0 Å². The van der Waals surface area contributed by atoms with Gasteiger partial charge in [0, 0.05) is 23.7 Å². The van der Waals surface area contributed by atoms with E-state index in [9.17, 15) is 9.36 Å². The highest BCUT2D eigenvalue weighted by Crippen LogP contribution is 2.55. The molecule has 1 saturated carbocycles. The molecule has 2 N–H and O–H groups in total. The molecule has 190 valence electrons. The van der Waals surface area contributed by atoms with Crippen LogP contribution in [-0.2, 0) is 20.4 Å². The van der Waals surface area contributed by atoms with Crippen LogP contribution in [0.4, 0.5) is 14.9 Å². The highest BCUT2D eigenvalue weighted by molar-refractivity contribution is 7.46. The first-order chi connectivity index (χ1) is 17.1. The molecule has 3 aromatic rings. The molecule has 2 aliphatic rings. The highest BCUT2D eigenvalue weighted by Gasteiger charge is 2.52. The Hall–Kier alpha value is -3.25. The SMILES string of the molecule is CCCn1nnc(-c2ccc(-c3ccc(N4C[C@@H](CC5(OP(=O)(O)O)CC5)OC4=O)cc3F)cn2)n1. The number of phosphoric ester groups is 1. The summed E-state index contributed by atoms with van der Waals surface area (Å²) < 4.78 is 36.5. The van der Waals surface area contributed by atoms with Crippen LogP contribution in [-0.4, -0.2) is 59.3 Å². The average molecular weight is 518 g/mol. The molecule has 2 aromatic heterocycles. The Morgan fingerprint density at radius 3 is 2.72 bits per heavy atom. The van der Waals surface area contributed by atoms with Crippen LogP contribution in [0.1, 0.15) is 32.6 Å². The van der Waals surface area contributed by atoms with Gasteiger partial charge in [-0.2, -0.15) is 4.80 Å². The molecule has 5 rings (SSSR count). The minimum atomic E-state index is -4.65. The number of aryl methyl sites for hydroxylation is 1. The molecule has 0 bridgehead atoms. The van der Waals surface area contributed by atoms with E-state index in [0.717, 1.165) is 6.42 Å². The Morgan fingerprint density at radius 2 is 2.08 bits per heavy atom. The Bertz CT molecular complexity index is 1320. The van der Waals surface area contributed by atoms with Gasteiger partial charge in [0.2, 0.25) is 5.82 Å². The van der Waals surface area contributed by atoms with Gasteiger partial charge in [-0.05, 0) is 48.7 Å². The minimum Gasteiger partial charge on any atom is -0.444 e. The average Bonchev–Trinajstić information content (AvgIpc) is 3.21. The number of anilines is 1. The summed E-state index contributed by atoms with van der Waals surface area (Å²) in [5, 5.41) is 12.2. The maximum atomic E-state index is 15.0. The molecule has 14 heteroatoms. The third-order valence-electron chi connectivity index (χ3n) is 6.04. The smallest absolute Gasteiger partial charge is 0.444 e. The number of rotatable bonds is 9. The van der Waals surface area contributed by atoms with E-state index < -0.39 is 31.4 Å².